The van der Waals surface area contributed by atoms with Crippen LogP contribution in [-0.4, -0.2) is 19.0 Å². The van der Waals surface area contributed by atoms with Gasteiger partial charge in [0.25, 0.3) is 0 Å². The second-order valence-electron chi connectivity index (χ2n) is 7.86. The topological polar surface area (TPSA) is 92.1 Å². The lowest BCUT2D eigenvalue weighted by atomic mass is 10.0. The smallest absolute Gasteiger partial charge is 0.169 e. The molecule has 0 bridgehead atoms. The number of fused-ring (bicyclic) bond motifs is 2. The quantitative estimate of drug-likeness (QED) is 0.174. The minimum atomic E-state index is 0.452. The number of hydrogen-bond acceptors (Lipinski definition) is 6. The van der Waals surface area contributed by atoms with Crippen molar-refractivity contribution in [2.24, 2.45) is 16.7 Å². The van der Waals surface area contributed by atoms with Gasteiger partial charge in [0.1, 0.15) is 31.4 Å². The largest absolute Gasteiger partial charge is 0.489 e. The van der Waals surface area contributed by atoms with Crippen molar-refractivity contribution in [3.05, 3.63) is 77.2 Å². The Morgan fingerprint density at radius 2 is 1.79 bits per heavy atom. The highest BCUT2D eigenvalue weighted by Crippen LogP contribution is 2.44. The van der Waals surface area contributed by atoms with Crippen LogP contribution >= 0.6 is 11.3 Å². The van der Waals surface area contributed by atoms with E-state index in [0.717, 1.165) is 45.9 Å². The van der Waals surface area contributed by atoms with Crippen LogP contribution in [0.5, 0.6) is 17.2 Å². The highest BCUT2D eigenvalue weighted by molar-refractivity contribution is 7.17. The molecule has 4 N–H and O–H groups in total. The van der Waals surface area contributed by atoms with Crippen LogP contribution in [0, 0.1) is 0 Å². The molecule has 0 unspecified atom stereocenters. The van der Waals surface area contributed by atoms with Gasteiger partial charge < -0.3 is 25.8 Å². The Kier molecular flexibility index (Phi) is 6.04. The molecular weight excluding hydrogens is 434 g/mol. The van der Waals surface area contributed by atoms with Crippen molar-refractivity contribution < 1.29 is 14.2 Å². The molecule has 4 aromatic rings. The summed E-state index contributed by atoms with van der Waals surface area (Å²) in [5, 5.41) is 6.88. The van der Waals surface area contributed by atoms with Crippen molar-refractivity contribution >= 4 is 27.3 Å². The summed E-state index contributed by atoms with van der Waals surface area (Å²) in [6.07, 6.45) is 1.43. The van der Waals surface area contributed by atoms with Crippen LogP contribution in [0.25, 0.3) is 21.2 Å². The van der Waals surface area contributed by atoms with E-state index < -0.39 is 0 Å². The number of amidine groups is 1. The molecule has 0 spiro atoms. The second kappa shape index (κ2) is 9.42. The summed E-state index contributed by atoms with van der Waals surface area (Å²) in [6.45, 7) is 1.64. The number of para-hydroxylation sites is 1. The molecule has 0 aliphatic carbocycles. The number of hydrogen-bond donors (Lipinski definition) is 2. The molecule has 6 nitrogen and oxygen atoms in total. The third-order valence-electron chi connectivity index (χ3n) is 5.66. The Hall–Kier alpha value is -3.71. The summed E-state index contributed by atoms with van der Waals surface area (Å²) in [7, 11) is 0. The number of nitrogens with two attached hydrogens (primary N) is 2. The number of benzene rings is 3. The number of hydrazone groups is 1. The molecule has 0 amide bonds. The molecule has 7 heteroatoms. The van der Waals surface area contributed by atoms with Gasteiger partial charge in [0.15, 0.2) is 11.5 Å². The average molecular weight is 460 g/mol. The molecular formula is C26H25N3O3S. The number of rotatable bonds is 7. The number of aryl methyl sites for hydroxylation is 1. The molecule has 168 valence electrons. The van der Waals surface area contributed by atoms with Gasteiger partial charge in [0.05, 0.1) is 0 Å². The molecule has 5 rings (SSSR count). The van der Waals surface area contributed by atoms with Crippen molar-refractivity contribution in [1.82, 2.24) is 0 Å². The van der Waals surface area contributed by atoms with Crippen molar-refractivity contribution in [1.29, 1.82) is 0 Å². The normalized spacial score (nSPS) is 13.3. The van der Waals surface area contributed by atoms with E-state index in [9.17, 15) is 0 Å². The highest BCUT2D eigenvalue weighted by atomic mass is 32.1. The first-order valence-electron chi connectivity index (χ1n) is 10.8. The first kappa shape index (κ1) is 21.2. The lowest BCUT2D eigenvalue weighted by Crippen LogP contribution is -2.15. The molecule has 1 aliphatic rings. The van der Waals surface area contributed by atoms with Gasteiger partial charge in [-0.2, -0.15) is 5.10 Å². The summed E-state index contributed by atoms with van der Waals surface area (Å²) >= 11 is 1.73. The minimum absolute atomic E-state index is 0.452. The predicted octanol–water partition coefficient (Wildman–Crippen LogP) is 5.08. The predicted molar refractivity (Wildman–Crippen MR) is 133 cm³/mol. The molecule has 0 saturated heterocycles. The molecule has 1 aliphatic heterocycles. The fraction of sp³-hybridized carbons (Fsp3) is 0.192. The maximum absolute atomic E-state index is 6.05. The monoisotopic (exact) mass is 459 g/mol. The van der Waals surface area contributed by atoms with E-state index >= 15 is 0 Å². The zero-order chi connectivity index (χ0) is 22.6. The zero-order valence-electron chi connectivity index (χ0n) is 18.1. The maximum atomic E-state index is 6.05. The Morgan fingerprint density at radius 3 is 2.64 bits per heavy atom. The molecule has 3 aromatic carbocycles. The zero-order valence-corrected chi connectivity index (χ0v) is 18.9. The SMILES string of the molecule is N/N=C(\N)CCc1ccc(OCc2ccc3scc(-c4cccc5c4OCCO5)c3c2)cc1. The van der Waals surface area contributed by atoms with Crippen LogP contribution in [-0.2, 0) is 13.0 Å². The molecule has 0 atom stereocenters. The van der Waals surface area contributed by atoms with Crippen molar-refractivity contribution in [3.8, 4) is 28.4 Å². The number of ether oxygens (including phenoxy) is 3. The van der Waals surface area contributed by atoms with E-state index in [2.05, 4.69) is 34.7 Å². The summed E-state index contributed by atoms with van der Waals surface area (Å²) in [5.41, 5.74) is 10.2. The van der Waals surface area contributed by atoms with E-state index in [1.165, 1.54) is 10.1 Å². The van der Waals surface area contributed by atoms with Gasteiger partial charge in [-0.1, -0.05) is 30.3 Å². The fourth-order valence-corrected chi connectivity index (χ4v) is 4.86. The summed E-state index contributed by atoms with van der Waals surface area (Å²) in [4.78, 5) is 0. The molecule has 33 heavy (non-hydrogen) atoms. The Balaban J connectivity index is 1.33. The minimum Gasteiger partial charge on any atom is -0.489 e. The van der Waals surface area contributed by atoms with Gasteiger partial charge in [-0.3, -0.25) is 0 Å². The summed E-state index contributed by atoms with van der Waals surface area (Å²) < 4.78 is 19.0. The fourth-order valence-electron chi connectivity index (χ4n) is 3.92. The van der Waals surface area contributed by atoms with Crippen LogP contribution < -0.4 is 25.8 Å². The van der Waals surface area contributed by atoms with Gasteiger partial charge in [0, 0.05) is 27.6 Å². The number of thiophene rings is 1. The molecule has 2 heterocycles. The van der Waals surface area contributed by atoms with Crippen LogP contribution in [0.4, 0.5) is 0 Å². The number of nitrogens with zero attached hydrogens (tertiary/aromatic N) is 1. The van der Waals surface area contributed by atoms with Crippen molar-refractivity contribution in [2.45, 2.75) is 19.4 Å². The van der Waals surface area contributed by atoms with Gasteiger partial charge in [-0.25, -0.2) is 0 Å². The van der Waals surface area contributed by atoms with Crippen molar-refractivity contribution in [3.63, 3.8) is 0 Å². The van der Waals surface area contributed by atoms with E-state index in [4.69, 9.17) is 25.8 Å². The van der Waals surface area contributed by atoms with Crippen molar-refractivity contribution in [2.75, 3.05) is 13.2 Å². The maximum Gasteiger partial charge on any atom is 0.169 e. The first-order valence-corrected chi connectivity index (χ1v) is 11.7. The van der Waals surface area contributed by atoms with E-state index in [1.54, 1.807) is 11.3 Å². The summed E-state index contributed by atoms with van der Waals surface area (Å²) in [5.74, 6) is 8.09. The first-order chi connectivity index (χ1) is 16.2. The second-order valence-corrected chi connectivity index (χ2v) is 8.77. The van der Waals surface area contributed by atoms with E-state index in [0.29, 0.717) is 32.1 Å². The lowest BCUT2D eigenvalue weighted by Gasteiger charge is -2.20. The third-order valence-corrected chi connectivity index (χ3v) is 6.62. The van der Waals surface area contributed by atoms with E-state index in [-0.39, 0.29) is 0 Å². The van der Waals surface area contributed by atoms with Crippen LogP contribution in [0.3, 0.4) is 0 Å². The van der Waals surface area contributed by atoms with Gasteiger partial charge >= 0.3 is 0 Å². The molecule has 0 radical (unpaired) electrons. The standard InChI is InChI=1S/C26H25N3O3S/c27-25(29-28)11-7-17-4-8-19(9-5-17)32-15-18-6-10-24-21(14-18)22(16-33-24)20-2-1-3-23-26(20)31-13-12-30-23/h1-6,8-10,14,16H,7,11-13,15,28H2,(H2,27,29). The average Bonchev–Trinajstić information content (AvgIpc) is 3.29. The van der Waals surface area contributed by atoms with Gasteiger partial charge in [0.2, 0.25) is 0 Å². The third kappa shape index (κ3) is 4.59. The van der Waals surface area contributed by atoms with Crippen LogP contribution in [0.1, 0.15) is 17.5 Å². The van der Waals surface area contributed by atoms with Crippen LogP contribution in [0.2, 0.25) is 0 Å². The molecule has 0 saturated carbocycles. The summed E-state index contributed by atoms with van der Waals surface area (Å²) in [6, 6.07) is 20.6. The Morgan fingerprint density at radius 1 is 0.970 bits per heavy atom. The van der Waals surface area contributed by atoms with Crippen LogP contribution in [0.15, 0.2) is 71.1 Å². The van der Waals surface area contributed by atoms with Gasteiger partial charge in [-0.05, 0) is 53.3 Å². The highest BCUT2D eigenvalue weighted by Gasteiger charge is 2.19. The van der Waals surface area contributed by atoms with Gasteiger partial charge in [-0.15, -0.1) is 11.3 Å². The van der Waals surface area contributed by atoms with E-state index in [1.807, 2.05) is 36.4 Å². The lowest BCUT2D eigenvalue weighted by molar-refractivity contribution is 0.172. The molecule has 0 fully saturated rings. The Labute approximate surface area is 196 Å². The Bertz CT molecular complexity index is 1300. The molecule has 1 aromatic heterocycles.